The van der Waals surface area contributed by atoms with E-state index < -0.39 is 24.3 Å². The van der Waals surface area contributed by atoms with Crippen LogP contribution in [0.5, 0.6) is 0 Å². The highest BCUT2D eigenvalue weighted by atomic mass is 35.5. The maximum atomic E-state index is 12.1. The van der Waals surface area contributed by atoms with E-state index in [4.69, 9.17) is 31.1 Å². The van der Waals surface area contributed by atoms with Crippen LogP contribution in [-0.4, -0.2) is 25.5 Å². The molecule has 0 aliphatic carbocycles. The second-order valence-electron chi connectivity index (χ2n) is 5.86. The summed E-state index contributed by atoms with van der Waals surface area (Å²) >= 11 is 6.35. The monoisotopic (exact) mass is 406 g/mol. The van der Waals surface area contributed by atoms with Crippen molar-refractivity contribution in [1.82, 2.24) is 5.32 Å². The van der Waals surface area contributed by atoms with Crippen LogP contribution < -0.4 is 5.32 Å². The van der Waals surface area contributed by atoms with Gasteiger partial charge in [-0.25, -0.2) is 9.59 Å². The van der Waals surface area contributed by atoms with Gasteiger partial charge in [-0.3, -0.25) is 0 Å². The normalized spacial score (nSPS) is 17.2. The fraction of sp³-hybridized carbons (Fsp3) is 0.316. The number of methoxy groups -OCH3 is 1. The van der Waals surface area contributed by atoms with Crippen LogP contribution in [0.2, 0.25) is 5.02 Å². The standard InChI is InChI=1S/C19H19ClN2O6/c1-10(9-21)26-19(24)28-17-12(3)22-11(2)16(27-18(23)25-4)15(17)13-7-5-6-8-14(13)20/h5-8,10,15,22H,1-4H3. The van der Waals surface area contributed by atoms with Gasteiger partial charge in [0, 0.05) is 5.02 Å². The maximum Gasteiger partial charge on any atom is 0.514 e. The molecular weight excluding hydrogens is 388 g/mol. The summed E-state index contributed by atoms with van der Waals surface area (Å²) in [7, 11) is 1.18. The van der Waals surface area contributed by atoms with Crippen molar-refractivity contribution in [1.29, 1.82) is 5.26 Å². The van der Waals surface area contributed by atoms with E-state index in [1.165, 1.54) is 14.0 Å². The highest BCUT2D eigenvalue weighted by molar-refractivity contribution is 6.31. The number of carbonyl (C=O) groups excluding carboxylic acids is 2. The summed E-state index contributed by atoms with van der Waals surface area (Å²) in [6, 6.07) is 8.64. The van der Waals surface area contributed by atoms with E-state index in [0.717, 1.165) is 0 Å². The van der Waals surface area contributed by atoms with Crippen molar-refractivity contribution < 1.29 is 28.5 Å². The van der Waals surface area contributed by atoms with Gasteiger partial charge in [-0.15, -0.1) is 0 Å². The first kappa shape index (κ1) is 21.1. The Bertz CT molecular complexity index is 887. The predicted molar refractivity (Wildman–Crippen MR) is 98.9 cm³/mol. The molecule has 148 valence electrons. The van der Waals surface area contributed by atoms with Gasteiger partial charge in [0.15, 0.2) is 6.10 Å². The lowest BCUT2D eigenvalue weighted by Gasteiger charge is -2.30. The van der Waals surface area contributed by atoms with E-state index in [-0.39, 0.29) is 11.5 Å². The number of halogens is 1. The Morgan fingerprint density at radius 2 is 1.71 bits per heavy atom. The molecule has 1 heterocycles. The molecule has 1 N–H and O–H groups in total. The third-order valence-electron chi connectivity index (χ3n) is 3.86. The van der Waals surface area contributed by atoms with E-state index in [9.17, 15) is 9.59 Å². The van der Waals surface area contributed by atoms with Crippen LogP contribution in [0.4, 0.5) is 9.59 Å². The molecule has 28 heavy (non-hydrogen) atoms. The molecule has 0 radical (unpaired) electrons. The number of benzene rings is 1. The first-order chi connectivity index (χ1) is 13.3. The number of hydrogen-bond acceptors (Lipinski definition) is 8. The summed E-state index contributed by atoms with van der Waals surface area (Å²) in [4.78, 5) is 23.9. The summed E-state index contributed by atoms with van der Waals surface area (Å²) < 4.78 is 20.1. The first-order valence-electron chi connectivity index (χ1n) is 8.25. The van der Waals surface area contributed by atoms with Crippen LogP contribution in [0.3, 0.4) is 0 Å². The van der Waals surface area contributed by atoms with E-state index in [2.05, 4.69) is 10.1 Å². The Morgan fingerprint density at radius 1 is 1.14 bits per heavy atom. The third kappa shape index (κ3) is 4.75. The van der Waals surface area contributed by atoms with Crippen LogP contribution in [0, 0.1) is 11.3 Å². The van der Waals surface area contributed by atoms with Gasteiger partial charge in [0.25, 0.3) is 0 Å². The quantitative estimate of drug-likeness (QED) is 0.736. The summed E-state index contributed by atoms with van der Waals surface area (Å²) in [6.45, 7) is 4.78. The lowest BCUT2D eigenvalue weighted by atomic mass is 9.90. The van der Waals surface area contributed by atoms with E-state index >= 15 is 0 Å². The summed E-state index contributed by atoms with van der Waals surface area (Å²) in [5.41, 5.74) is 1.54. The number of ether oxygens (including phenoxy) is 4. The van der Waals surface area contributed by atoms with Crippen LogP contribution in [0.25, 0.3) is 0 Å². The number of nitrogens with one attached hydrogen (secondary N) is 1. The summed E-state index contributed by atoms with van der Waals surface area (Å²) in [5.74, 6) is -0.548. The lowest BCUT2D eigenvalue weighted by Crippen LogP contribution is -2.29. The van der Waals surface area contributed by atoms with Crippen molar-refractivity contribution in [2.75, 3.05) is 7.11 Å². The number of nitrogens with zero attached hydrogens (tertiary/aromatic N) is 1. The molecule has 2 unspecified atom stereocenters. The molecule has 0 saturated carbocycles. The zero-order valence-corrected chi connectivity index (χ0v) is 16.5. The van der Waals surface area contributed by atoms with Gasteiger partial charge in [0.2, 0.25) is 0 Å². The molecule has 8 nitrogen and oxygen atoms in total. The zero-order valence-electron chi connectivity index (χ0n) is 15.7. The highest BCUT2D eigenvalue weighted by Crippen LogP contribution is 2.41. The minimum absolute atomic E-state index is 0.118. The molecule has 1 aromatic carbocycles. The van der Waals surface area contributed by atoms with Crippen LogP contribution in [-0.2, 0) is 18.9 Å². The molecule has 0 aromatic heterocycles. The average molecular weight is 407 g/mol. The minimum Gasteiger partial charge on any atom is -0.437 e. The van der Waals surface area contributed by atoms with E-state index in [1.807, 2.05) is 0 Å². The number of dihydropyridines is 1. The Morgan fingerprint density at radius 3 is 2.25 bits per heavy atom. The smallest absolute Gasteiger partial charge is 0.437 e. The molecule has 0 spiro atoms. The van der Waals surface area contributed by atoms with Gasteiger partial charge >= 0.3 is 12.3 Å². The number of carbonyl (C=O) groups is 2. The molecule has 9 heteroatoms. The van der Waals surface area contributed by atoms with Crippen molar-refractivity contribution in [2.24, 2.45) is 0 Å². The van der Waals surface area contributed by atoms with Gasteiger partial charge in [-0.2, -0.15) is 5.26 Å². The van der Waals surface area contributed by atoms with Crippen molar-refractivity contribution >= 4 is 23.9 Å². The fourth-order valence-electron chi connectivity index (χ4n) is 2.64. The van der Waals surface area contributed by atoms with Crippen molar-refractivity contribution in [3.8, 4) is 6.07 Å². The van der Waals surface area contributed by atoms with Crippen LogP contribution in [0.15, 0.2) is 47.2 Å². The zero-order chi connectivity index (χ0) is 20.8. The number of allylic oxidation sites excluding steroid dienone is 2. The molecule has 2 atom stereocenters. The number of rotatable bonds is 4. The largest absolute Gasteiger partial charge is 0.514 e. The van der Waals surface area contributed by atoms with Crippen molar-refractivity contribution in [2.45, 2.75) is 32.8 Å². The Hall–Kier alpha value is -3.18. The second-order valence-corrected chi connectivity index (χ2v) is 6.26. The molecule has 0 saturated heterocycles. The Kier molecular flexibility index (Phi) is 6.90. The molecule has 0 bridgehead atoms. The van der Waals surface area contributed by atoms with Gasteiger partial charge in [0.1, 0.15) is 23.5 Å². The van der Waals surface area contributed by atoms with Crippen molar-refractivity contribution in [3.63, 3.8) is 0 Å². The topological polar surface area (TPSA) is 107 Å². The Labute approximate surface area is 167 Å². The average Bonchev–Trinajstić information content (AvgIpc) is 2.66. The molecular formula is C19H19ClN2O6. The van der Waals surface area contributed by atoms with E-state index in [1.54, 1.807) is 44.2 Å². The Balaban J connectivity index is 2.50. The van der Waals surface area contributed by atoms with Gasteiger partial charge < -0.3 is 24.3 Å². The molecule has 1 aromatic rings. The summed E-state index contributed by atoms with van der Waals surface area (Å²) in [6.07, 6.45) is -3.00. The first-order valence-corrected chi connectivity index (χ1v) is 8.63. The third-order valence-corrected chi connectivity index (χ3v) is 4.21. The predicted octanol–water partition coefficient (Wildman–Crippen LogP) is 4.34. The fourth-order valence-corrected chi connectivity index (χ4v) is 2.88. The maximum absolute atomic E-state index is 12.1. The van der Waals surface area contributed by atoms with E-state index in [0.29, 0.717) is 22.0 Å². The molecule has 1 aliphatic rings. The van der Waals surface area contributed by atoms with Gasteiger partial charge in [-0.05, 0) is 32.4 Å². The molecule has 2 rings (SSSR count). The molecule has 0 fully saturated rings. The van der Waals surface area contributed by atoms with Crippen LogP contribution >= 0.6 is 11.6 Å². The molecule has 1 aliphatic heterocycles. The van der Waals surface area contributed by atoms with Gasteiger partial charge in [-0.1, -0.05) is 29.8 Å². The SMILES string of the molecule is COC(=O)OC1=C(C)NC(C)=C(OC(=O)OC(C)C#N)C1c1ccccc1Cl. The second kappa shape index (κ2) is 9.15. The number of hydrogen-bond donors (Lipinski definition) is 1. The van der Waals surface area contributed by atoms with Crippen LogP contribution in [0.1, 0.15) is 32.3 Å². The highest BCUT2D eigenvalue weighted by Gasteiger charge is 2.36. The summed E-state index contributed by atoms with van der Waals surface area (Å²) in [5, 5.41) is 12.2. The molecule has 0 amide bonds. The van der Waals surface area contributed by atoms with Crippen molar-refractivity contribution in [3.05, 3.63) is 57.8 Å². The minimum atomic E-state index is -1.07. The van der Waals surface area contributed by atoms with Gasteiger partial charge in [0.05, 0.1) is 18.5 Å². The number of nitriles is 1. The lowest BCUT2D eigenvalue weighted by molar-refractivity contribution is 0.0559.